The van der Waals surface area contributed by atoms with E-state index in [9.17, 15) is 9.90 Å². The molecule has 1 fully saturated rings. The molecule has 0 amide bonds. The van der Waals surface area contributed by atoms with Crippen LogP contribution in [0.1, 0.15) is 12.8 Å². The Balaban J connectivity index is 2.16. The monoisotopic (exact) mass is 244 g/mol. The molecule has 5 nitrogen and oxygen atoms in total. The maximum Gasteiger partial charge on any atom is 0.311 e. The van der Waals surface area contributed by atoms with Gasteiger partial charge in [-0.2, -0.15) is 5.10 Å². The van der Waals surface area contributed by atoms with E-state index in [-0.39, 0.29) is 0 Å². The number of hydrogen-bond donors (Lipinski definition) is 1. The van der Waals surface area contributed by atoms with Crippen molar-refractivity contribution >= 4 is 17.6 Å². The molecule has 2 heterocycles. The van der Waals surface area contributed by atoms with E-state index < -0.39 is 11.4 Å². The lowest BCUT2D eigenvalue weighted by Gasteiger charge is -2.32. The topological polar surface area (TPSA) is 64.3 Å². The van der Waals surface area contributed by atoms with Crippen molar-refractivity contribution < 1.29 is 14.6 Å². The van der Waals surface area contributed by atoms with Crippen molar-refractivity contribution in [1.82, 2.24) is 9.78 Å². The van der Waals surface area contributed by atoms with Gasteiger partial charge < -0.3 is 9.84 Å². The predicted molar refractivity (Wildman–Crippen MR) is 57.4 cm³/mol. The predicted octanol–water partition coefficient (Wildman–Crippen LogP) is 1.42. The molecule has 0 aliphatic carbocycles. The lowest BCUT2D eigenvalue weighted by molar-refractivity contribution is -0.156. The standard InChI is InChI=1S/C10H13ClN2O3/c11-8-5-12-13(6-8)7-10(9(14)15)1-3-16-4-2-10/h5-6H,1-4,7H2,(H,14,15). The zero-order valence-electron chi connectivity index (χ0n) is 8.73. The molecule has 0 unspecified atom stereocenters. The minimum atomic E-state index is -0.789. The first-order chi connectivity index (χ1) is 7.62. The third-order valence-electron chi connectivity index (χ3n) is 2.97. The number of aromatic nitrogens is 2. The average molecular weight is 245 g/mol. The summed E-state index contributed by atoms with van der Waals surface area (Å²) >= 11 is 5.75. The van der Waals surface area contributed by atoms with Gasteiger partial charge in [-0.1, -0.05) is 11.6 Å². The van der Waals surface area contributed by atoms with Gasteiger partial charge in [-0.3, -0.25) is 9.48 Å². The highest BCUT2D eigenvalue weighted by Crippen LogP contribution is 2.32. The molecule has 1 aliphatic heterocycles. The zero-order chi connectivity index (χ0) is 11.6. The van der Waals surface area contributed by atoms with Gasteiger partial charge in [0.15, 0.2) is 0 Å². The molecule has 6 heteroatoms. The highest BCUT2D eigenvalue weighted by molar-refractivity contribution is 6.30. The largest absolute Gasteiger partial charge is 0.481 e. The van der Waals surface area contributed by atoms with Crippen LogP contribution in [-0.2, 0) is 16.1 Å². The van der Waals surface area contributed by atoms with Crippen molar-refractivity contribution in [1.29, 1.82) is 0 Å². The summed E-state index contributed by atoms with van der Waals surface area (Å²) in [6, 6.07) is 0. The smallest absolute Gasteiger partial charge is 0.311 e. The van der Waals surface area contributed by atoms with Crippen molar-refractivity contribution in [3.8, 4) is 0 Å². The lowest BCUT2D eigenvalue weighted by atomic mass is 9.80. The first-order valence-electron chi connectivity index (χ1n) is 5.11. The van der Waals surface area contributed by atoms with Gasteiger partial charge >= 0.3 is 5.97 Å². The number of carboxylic acid groups (broad SMARTS) is 1. The fourth-order valence-corrected chi connectivity index (χ4v) is 2.09. The van der Waals surface area contributed by atoms with Gasteiger partial charge in [-0.15, -0.1) is 0 Å². The van der Waals surface area contributed by atoms with E-state index in [0.717, 1.165) is 0 Å². The molecule has 0 radical (unpaired) electrons. The molecule has 0 spiro atoms. The van der Waals surface area contributed by atoms with E-state index in [1.165, 1.54) is 6.20 Å². The summed E-state index contributed by atoms with van der Waals surface area (Å²) in [5, 5.41) is 13.9. The molecule has 0 atom stereocenters. The molecule has 16 heavy (non-hydrogen) atoms. The molecule has 1 aromatic heterocycles. The number of carbonyl (C=O) groups is 1. The molecule has 2 rings (SSSR count). The Bertz CT molecular complexity index is 385. The summed E-state index contributed by atoms with van der Waals surface area (Å²) in [7, 11) is 0. The third-order valence-corrected chi connectivity index (χ3v) is 3.17. The number of hydrogen-bond acceptors (Lipinski definition) is 3. The van der Waals surface area contributed by atoms with Gasteiger partial charge in [0, 0.05) is 19.4 Å². The number of ether oxygens (including phenoxy) is 1. The van der Waals surface area contributed by atoms with E-state index >= 15 is 0 Å². The fraction of sp³-hybridized carbons (Fsp3) is 0.600. The van der Waals surface area contributed by atoms with Gasteiger partial charge in [0.25, 0.3) is 0 Å². The second kappa shape index (κ2) is 4.43. The summed E-state index contributed by atoms with van der Waals surface area (Å²) in [5.41, 5.74) is -0.770. The van der Waals surface area contributed by atoms with Crippen LogP contribution >= 0.6 is 11.6 Å². The quantitative estimate of drug-likeness (QED) is 0.873. The van der Waals surface area contributed by atoms with Crippen LogP contribution in [0.3, 0.4) is 0 Å². The normalized spacial score (nSPS) is 19.6. The van der Waals surface area contributed by atoms with Crippen LogP contribution in [-0.4, -0.2) is 34.1 Å². The van der Waals surface area contributed by atoms with Crippen molar-refractivity contribution in [2.75, 3.05) is 13.2 Å². The summed E-state index contributed by atoms with van der Waals surface area (Å²) in [5.74, 6) is -0.789. The maximum atomic E-state index is 11.4. The Hall–Kier alpha value is -1.07. The van der Waals surface area contributed by atoms with Gasteiger partial charge in [-0.25, -0.2) is 0 Å². The molecule has 0 aromatic carbocycles. The van der Waals surface area contributed by atoms with Crippen LogP contribution < -0.4 is 0 Å². The molecule has 1 saturated heterocycles. The Labute approximate surface area is 98.0 Å². The minimum Gasteiger partial charge on any atom is -0.481 e. The van der Waals surface area contributed by atoms with Gasteiger partial charge in [0.2, 0.25) is 0 Å². The second-order valence-corrected chi connectivity index (χ2v) is 4.49. The van der Waals surface area contributed by atoms with E-state index in [1.807, 2.05) is 0 Å². The molecule has 0 saturated carbocycles. The Morgan fingerprint density at radius 2 is 2.31 bits per heavy atom. The van der Waals surface area contributed by atoms with Crippen molar-refractivity contribution in [3.05, 3.63) is 17.4 Å². The van der Waals surface area contributed by atoms with Crippen LogP contribution in [0.25, 0.3) is 0 Å². The fourth-order valence-electron chi connectivity index (χ4n) is 1.94. The maximum absolute atomic E-state index is 11.4. The second-order valence-electron chi connectivity index (χ2n) is 4.05. The number of carboxylic acids is 1. The van der Waals surface area contributed by atoms with E-state index in [2.05, 4.69) is 5.10 Å². The molecule has 0 bridgehead atoms. The highest BCUT2D eigenvalue weighted by atomic mass is 35.5. The summed E-state index contributed by atoms with van der Waals surface area (Å²) in [4.78, 5) is 11.4. The highest BCUT2D eigenvalue weighted by Gasteiger charge is 2.40. The number of rotatable bonds is 3. The van der Waals surface area contributed by atoms with E-state index in [4.69, 9.17) is 16.3 Å². The lowest BCUT2D eigenvalue weighted by Crippen LogP contribution is -2.40. The average Bonchev–Trinajstić information content (AvgIpc) is 2.65. The van der Waals surface area contributed by atoms with Crippen LogP contribution in [0.2, 0.25) is 5.02 Å². The first kappa shape index (κ1) is 11.4. The molecular weight excluding hydrogens is 232 g/mol. The van der Waals surface area contributed by atoms with Crippen LogP contribution in [0, 0.1) is 5.41 Å². The molecular formula is C10H13ClN2O3. The number of halogens is 1. The zero-order valence-corrected chi connectivity index (χ0v) is 9.48. The minimum absolute atomic E-state index is 0.346. The molecule has 88 valence electrons. The van der Waals surface area contributed by atoms with Crippen molar-refractivity contribution in [2.24, 2.45) is 5.41 Å². The van der Waals surface area contributed by atoms with Crippen LogP contribution in [0.15, 0.2) is 12.4 Å². The van der Waals surface area contributed by atoms with Crippen molar-refractivity contribution in [3.63, 3.8) is 0 Å². The summed E-state index contributed by atoms with van der Waals surface area (Å²) in [6.45, 7) is 1.32. The first-order valence-corrected chi connectivity index (χ1v) is 5.49. The molecule has 1 aromatic rings. The Kier molecular flexibility index (Phi) is 3.16. The van der Waals surface area contributed by atoms with Crippen molar-refractivity contribution in [2.45, 2.75) is 19.4 Å². The van der Waals surface area contributed by atoms with Gasteiger partial charge in [0.1, 0.15) is 0 Å². The Morgan fingerprint density at radius 3 is 2.81 bits per heavy atom. The third kappa shape index (κ3) is 2.20. The van der Waals surface area contributed by atoms with Crippen LogP contribution in [0.4, 0.5) is 0 Å². The number of aliphatic carboxylic acids is 1. The van der Waals surface area contributed by atoms with Gasteiger partial charge in [-0.05, 0) is 12.8 Å². The molecule has 1 aliphatic rings. The summed E-state index contributed by atoms with van der Waals surface area (Å²) < 4.78 is 6.78. The van der Waals surface area contributed by atoms with Gasteiger partial charge in [0.05, 0.1) is 23.2 Å². The SMILES string of the molecule is O=C(O)C1(Cn2cc(Cl)cn2)CCOCC1. The Morgan fingerprint density at radius 1 is 1.62 bits per heavy atom. The summed E-state index contributed by atoms with van der Waals surface area (Å²) in [6.07, 6.45) is 4.18. The molecule has 1 N–H and O–H groups in total. The van der Waals surface area contributed by atoms with E-state index in [1.54, 1.807) is 10.9 Å². The van der Waals surface area contributed by atoms with E-state index in [0.29, 0.717) is 37.6 Å². The van der Waals surface area contributed by atoms with Crippen LogP contribution in [0.5, 0.6) is 0 Å². The number of nitrogens with zero attached hydrogens (tertiary/aromatic N) is 2.